The first kappa shape index (κ1) is 24.0. The van der Waals surface area contributed by atoms with Gasteiger partial charge in [-0.2, -0.15) is 0 Å². The van der Waals surface area contributed by atoms with E-state index in [0.717, 1.165) is 17.7 Å². The molecule has 0 aliphatic carbocycles. The van der Waals surface area contributed by atoms with Gasteiger partial charge in [0.2, 0.25) is 0 Å². The highest BCUT2D eigenvalue weighted by Crippen LogP contribution is 2.31. The zero-order chi connectivity index (χ0) is 24.3. The molecule has 0 aromatic heterocycles. The number of nitrogens with zero attached hydrogens (tertiary/aromatic N) is 1. The van der Waals surface area contributed by atoms with E-state index in [9.17, 15) is 23.3 Å². The number of hydrogen-bond acceptors (Lipinski definition) is 6. The van der Waals surface area contributed by atoms with Crippen LogP contribution in [0.2, 0.25) is 5.02 Å². The number of carbonyl (C=O) groups is 1. The highest BCUT2D eigenvalue weighted by atomic mass is 35.5. The Labute approximate surface area is 195 Å². The van der Waals surface area contributed by atoms with Gasteiger partial charge in [0.1, 0.15) is 10.6 Å². The zero-order valence-electron chi connectivity index (χ0n) is 17.9. The van der Waals surface area contributed by atoms with E-state index in [1.165, 1.54) is 31.4 Å². The summed E-state index contributed by atoms with van der Waals surface area (Å²) in [6.45, 7) is 3.59. The molecule has 0 fully saturated rings. The van der Waals surface area contributed by atoms with Gasteiger partial charge in [-0.15, -0.1) is 0 Å². The Kier molecular flexibility index (Phi) is 6.89. The highest BCUT2D eigenvalue weighted by molar-refractivity contribution is 7.92. The van der Waals surface area contributed by atoms with Crippen molar-refractivity contribution in [2.75, 3.05) is 17.1 Å². The molecular formula is C22H20ClN3O6S. The molecule has 0 saturated carbocycles. The monoisotopic (exact) mass is 489 g/mol. The Hall–Kier alpha value is -3.63. The van der Waals surface area contributed by atoms with Crippen LogP contribution < -0.4 is 14.8 Å². The lowest BCUT2D eigenvalue weighted by atomic mass is 10.1. The number of carbonyl (C=O) groups excluding carboxylic acids is 1. The summed E-state index contributed by atoms with van der Waals surface area (Å²) in [6.07, 6.45) is 0. The summed E-state index contributed by atoms with van der Waals surface area (Å²) in [5.41, 5.74) is 1.76. The number of ether oxygens (including phenoxy) is 1. The molecule has 0 bridgehead atoms. The van der Waals surface area contributed by atoms with Gasteiger partial charge in [-0.1, -0.05) is 23.7 Å². The first-order chi connectivity index (χ1) is 15.5. The predicted molar refractivity (Wildman–Crippen MR) is 126 cm³/mol. The van der Waals surface area contributed by atoms with Gasteiger partial charge < -0.3 is 10.1 Å². The molecule has 0 atom stereocenters. The summed E-state index contributed by atoms with van der Waals surface area (Å²) in [7, 11) is -2.77. The third-order valence-corrected chi connectivity index (χ3v) is 6.61. The van der Waals surface area contributed by atoms with Gasteiger partial charge >= 0.3 is 0 Å². The summed E-state index contributed by atoms with van der Waals surface area (Å²) in [5.74, 6) is -0.499. The first-order valence-corrected chi connectivity index (χ1v) is 11.4. The number of nitro benzene ring substituents is 1. The van der Waals surface area contributed by atoms with E-state index in [1.54, 1.807) is 19.1 Å². The van der Waals surface area contributed by atoms with Crippen molar-refractivity contribution in [3.8, 4) is 5.75 Å². The van der Waals surface area contributed by atoms with Gasteiger partial charge in [-0.05, 0) is 55.3 Å². The highest BCUT2D eigenvalue weighted by Gasteiger charge is 2.22. The molecule has 0 aliphatic heterocycles. The zero-order valence-corrected chi connectivity index (χ0v) is 19.5. The number of aryl methyl sites for hydroxylation is 2. The van der Waals surface area contributed by atoms with E-state index in [0.29, 0.717) is 11.3 Å². The number of non-ortho nitro benzene ring substituents is 1. The van der Waals surface area contributed by atoms with Crippen LogP contribution in [-0.4, -0.2) is 26.4 Å². The fourth-order valence-corrected chi connectivity index (χ4v) is 4.65. The molecular weight excluding hydrogens is 470 g/mol. The van der Waals surface area contributed by atoms with Gasteiger partial charge in [-0.3, -0.25) is 19.6 Å². The summed E-state index contributed by atoms with van der Waals surface area (Å²) in [4.78, 5) is 23.0. The smallest absolute Gasteiger partial charge is 0.271 e. The number of methoxy groups -OCH3 is 1. The van der Waals surface area contributed by atoms with Crippen molar-refractivity contribution in [1.29, 1.82) is 0 Å². The normalized spacial score (nSPS) is 11.0. The lowest BCUT2D eigenvalue weighted by Gasteiger charge is -2.14. The van der Waals surface area contributed by atoms with Crippen LogP contribution in [0.4, 0.5) is 17.1 Å². The van der Waals surface area contributed by atoms with E-state index in [2.05, 4.69) is 10.0 Å². The molecule has 11 heteroatoms. The van der Waals surface area contributed by atoms with Crippen molar-refractivity contribution < 1.29 is 22.9 Å². The summed E-state index contributed by atoms with van der Waals surface area (Å²) >= 11 is 6.14. The van der Waals surface area contributed by atoms with Gasteiger partial charge in [0.25, 0.3) is 21.6 Å². The van der Waals surface area contributed by atoms with Crippen LogP contribution in [0.5, 0.6) is 5.75 Å². The number of nitro groups is 1. The largest absolute Gasteiger partial charge is 0.495 e. The second-order valence-corrected chi connectivity index (χ2v) is 9.22. The molecule has 33 heavy (non-hydrogen) atoms. The Morgan fingerprint density at radius 2 is 1.76 bits per heavy atom. The number of amides is 1. The maximum Gasteiger partial charge on any atom is 0.271 e. The third-order valence-electron chi connectivity index (χ3n) is 4.76. The SMILES string of the molecule is COc1ccc([N+](=O)[O-])cc1NC(=O)c1ccc(Cl)c(S(=O)(=O)Nc2cc(C)ccc2C)c1. The Morgan fingerprint density at radius 1 is 1.03 bits per heavy atom. The van der Waals surface area contributed by atoms with Crippen molar-refractivity contribution in [3.05, 3.63) is 86.4 Å². The maximum atomic E-state index is 13.0. The molecule has 0 heterocycles. The minimum absolute atomic E-state index is 0.0192. The molecule has 2 N–H and O–H groups in total. The lowest BCUT2D eigenvalue weighted by molar-refractivity contribution is -0.384. The van der Waals surface area contributed by atoms with Crippen molar-refractivity contribution in [2.24, 2.45) is 0 Å². The van der Waals surface area contributed by atoms with Gasteiger partial charge in [0.05, 0.1) is 28.4 Å². The maximum absolute atomic E-state index is 13.0. The van der Waals surface area contributed by atoms with E-state index < -0.39 is 20.9 Å². The molecule has 0 aliphatic rings. The van der Waals surface area contributed by atoms with Crippen molar-refractivity contribution in [1.82, 2.24) is 0 Å². The Balaban J connectivity index is 1.94. The van der Waals surface area contributed by atoms with E-state index >= 15 is 0 Å². The lowest BCUT2D eigenvalue weighted by Crippen LogP contribution is -2.17. The molecule has 3 aromatic carbocycles. The van der Waals surface area contributed by atoms with Crippen molar-refractivity contribution >= 4 is 44.6 Å². The summed E-state index contributed by atoms with van der Waals surface area (Å²) in [6, 6.07) is 12.8. The van der Waals surface area contributed by atoms with E-state index in [4.69, 9.17) is 16.3 Å². The molecule has 0 saturated heterocycles. The predicted octanol–water partition coefficient (Wildman–Crippen LogP) is 4.93. The van der Waals surface area contributed by atoms with E-state index in [1.807, 2.05) is 13.0 Å². The van der Waals surface area contributed by atoms with Crippen LogP contribution >= 0.6 is 11.6 Å². The summed E-state index contributed by atoms with van der Waals surface area (Å²) in [5, 5.41) is 13.5. The molecule has 172 valence electrons. The van der Waals surface area contributed by atoms with Crippen molar-refractivity contribution in [3.63, 3.8) is 0 Å². The third kappa shape index (κ3) is 5.41. The molecule has 0 spiro atoms. The van der Waals surface area contributed by atoms with Crippen LogP contribution in [0.1, 0.15) is 21.5 Å². The topological polar surface area (TPSA) is 128 Å². The second-order valence-electron chi connectivity index (χ2n) is 7.16. The van der Waals surface area contributed by atoms with Gasteiger partial charge in [-0.25, -0.2) is 8.42 Å². The minimum atomic E-state index is -4.12. The van der Waals surface area contributed by atoms with Crippen LogP contribution in [0.25, 0.3) is 0 Å². The Bertz CT molecular complexity index is 1360. The number of hydrogen-bond donors (Lipinski definition) is 2. The summed E-state index contributed by atoms with van der Waals surface area (Å²) < 4.78 is 33.7. The standard InChI is InChI=1S/C22H20ClN3O6S/c1-13-4-5-14(2)18(10-13)25-33(30,31)21-11-15(6-8-17(21)23)22(27)24-19-12-16(26(28)29)7-9-20(19)32-3/h4-12,25H,1-3H3,(H,24,27). The number of rotatable bonds is 7. The van der Waals surface area contributed by atoms with Crippen LogP contribution in [0.15, 0.2) is 59.5 Å². The minimum Gasteiger partial charge on any atom is -0.495 e. The number of halogens is 1. The Morgan fingerprint density at radius 3 is 2.42 bits per heavy atom. The molecule has 9 nitrogen and oxygen atoms in total. The molecule has 0 radical (unpaired) electrons. The average molecular weight is 490 g/mol. The first-order valence-electron chi connectivity index (χ1n) is 9.55. The average Bonchev–Trinajstić information content (AvgIpc) is 2.76. The quantitative estimate of drug-likeness (QED) is 0.358. The number of benzene rings is 3. The molecule has 3 aromatic rings. The number of nitrogens with one attached hydrogen (secondary N) is 2. The molecule has 3 rings (SSSR count). The molecule has 0 unspecified atom stereocenters. The number of anilines is 2. The van der Waals surface area contributed by atoms with Gasteiger partial charge in [0.15, 0.2) is 0 Å². The second kappa shape index (κ2) is 9.47. The fraction of sp³-hybridized carbons (Fsp3) is 0.136. The van der Waals surface area contributed by atoms with Crippen LogP contribution in [0, 0.1) is 24.0 Å². The molecule has 1 amide bonds. The van der Waals surface area contributed by atoms with Gasteiger partial charge in [0, 0.05) is 17.7 Å². The van der Waals surface area contributed by atoms with Crippen molar-refractivity contribution in [2.45, 2.75) is 18.7 Å². The fourth-order valence-electron chi connectivity index (χ4n) is 3.00. The number of sulfonamides is 1. The van der Waals surface area contributed by atoms with Crippen LogP contribution in [0.3, 0.4) is 0 Å². The van der Waals surface area contributed by atoms with Crippen LogP contribution in [-0.2, 0) is 10.0 Å². The van der Waals surface area contributed by atoms with E-state index in [-0.39, 0.29) is 32.6 Å².